The SMILES string of the molecule is CN=C(NCCOc1ccc(C)cc1)NCCC(=O)N(C)Cc1ccccc1. The fourth-order valence-electron chi connectivity index (χ4n) is 2.62. The van der Waals surface area contributed by atoms with E-state index < -0.39 is 0 Å². The minimum atomic E-state index is 0.0921. The third-order valence-electron chi connectivity index (χ3n) is 4.23. The second-order valence-electron chi connectivity index (χ2n) is 6.57. The van der Waals surface area contributed by atoms with Gasteiger partial charge in [0, 0.05) is 33.6 Å². The van der Waals surface area contributed by atoms with Gasteiger partial charge in [-0.25, -0.2) is 0 Å². The highest BCUT2D eigenvalue weighted by Crippen LogP contribution is 2.10. The highest BCUT2D eigenvalue weighted by molar-refractivity contribution is 5.81. The molecule has 0 saturated heterocycles. The Hall–Kier alpha value is -3.02. The van der Waals surface area contributed by atoms with Crippen molar-refractivity contribution in [2.24, 2.45) is 4.99 Å². The number of rotatable bonds is 9. The van der Waals surface area contributed by atoms with E-state index in [-0.39, 0.29) is 5.91 Å². The van der Waals surface area contributed by atoms with E-state index in [9.17, 15) is 4.79 Å². The molecule has 0 heterocycles. The minimum Gasteiger partial charge on any atom is -0.492 e. The first-order valence-electron chi connectivity index (χ1n) is 9.50. The van der Waals surface area contributed by atoms with Gasteiger partial charge in [-0.15, -0.1) is 0 Å². The van der Waals surface area contributed by atoms with E-state index in [1.165, 1.54) is 5.56 Å². The maximum atomic E-state index is 12.3. The summed E-state index contributed by atoms with van der Waals surface area (Å²) in [6, 6.07) is 17.9. The molecule has 2 aromatic carbocycles. The lowest BCUT2D eigenvalue weighted by molar-refractivity contribution is -0.130. The minimum absolute atomic E-state index is 0.0921. The second kappa shape index (κ2) is 11.6. The van der Waals surface area contributed by atoms with Crippen molar-refractivity contribution in [3.05, 3.63) is 65.7 Å². The lowest BCUT2D eigenvalue weighted by Gasteiger charge is -2.18. The molecule has 150 valence electrons. The Morgan fingerprint density at radius 3 is 2.39 bits per heavy atom. The lowest BCUT2D eigenvalue weighted by Crippen LogP contribution is -2.41. The molecule has 6 nitrogen and oxygen atoms in total. The number of ether oxygens (including phenoxy) is 1. The number of aryl methyl sites for hydroxylation is 1. The summed E-state index contributed by atoms with van der Waals surface area (Å²) < 4.78 is 5.68. The van der Waals surface area contributed by atoms with Crippen molar-refractivity contribution in [2.45, 2.75) is 19.9 Å². The van der Waals surface area contributed by atoms with Crippen molar-refractivity contribution >= 4 is 11.9 Å². The number of guanidine groups is 1. The predicted molar refractivity (Wildman–Crippen MR) is 114 cm³/mol. The summed E-state index contributed by atoms with van der Waals surface area (Å²) in [6.07, 6.45) is 0.407. The highest BCUT2D eigenvalue weighted by Gasteiger charge is 2.09. The van der Waals surface area contributed by atoms with Crippen molar-refractivity contribution in [1.82, 2.24) is 15.5 Å². The smallest absolute Gasteiger partial charge is 0.224 e. The maximum Gasteiger partial charge on any atom is 0.224 e. The first kappa shape index (κ1) is 21.3. The van der Waals surface area contributed by atoms with Crippen molar-refractivity contribution < 1.29 is 9.53 Å². The monoisotopic (exact) mass is 382 g/mol. The molecule has 6 heteroatoms. The summed E-state index contributed by atoms with van der Waals surface area (Å²) in [7, 11) is 3.53. The molecular weight excluding hydrogens is 352 g/mol. The van der Waals surface area contributed by atoms with Crippen LogP contribution in [0.4, 0.5) is 0 Å². The largest absolute Gasteiger partial charge is 0.492 e. The number of carbonyl (C=O) groups excluding carboxylic acids is 1. The van der Waals surface area contributed by atoms with Gasteiger partial charge in [0.25, 0.3) is 0 Å². The van der Waals surface area contributed by atoms with Crippen molar-refractivity contribution in [3.8, 4) is 5.75 Å². The van der Waals surface area contributed by atoms with E-state index in [1.807, 2.05) is 68.6 Å². The van der Waals surface area contributed by atoms with Crippen molar-refractivity contribution in [1.29, 1.82) is 0 Å². The Balaban J connectivity index is 1.62. The fourth-order valence-corrected chi connectivity index (χ4v) is 2.62. The van der Waals surface area contributed by atoms with E-state index in [0.717, 1.165) is 11.3 Å². The topological polar surface area (TPSA) is 66.0 Å². The van der Waals surface area contributed by atoms with E-state index in [0.29, 0.717) is 38.6 Å². The van der Waals surface area contributed by atoms with Gasteiger partial charge in [0.1, 0.15) is 12.4 Å². The Morgan fingerprint density at radius 2 is 1.71 bits per heavy atom. The maximum absolute atomic E-state index is 12.3. The number of aliphatic imine (C=N–C) groups is 1. The van der Waals surface area contributed by atoms with Crippen LogP contribution in [0.15, 0.2) is 59.6 Å². The molecule has 2 N–H and O–H groups in total. The summed E-state index contributed by atoms with van der Waals surface area (Å²) >= 11 is 0. The molecule has 0 aliphatic heterocycles. The van der Waals surface area contributed by atoms with E-state index in [4.69, 9.17) is 4.74 Å². The van der Waals surface area contributed by atoms with Crippen LogP contribution in [0.1, 0.15) is 17.5 Å². The average Bonchev–Trinajstić information content (AvgIpc) is 2.71. The third kappa shape index (κ3) is 7.70. The third-order valence-corrected chi connectivity index (χ3v) is 4.23. The van der Waals surface area contributed by atoms with Gasteiger partial charge in [-0.3, -0.25) is 9.79 Å². The molecule has 0 unspecified atom stereocenters. The number of amides is 1. The van der Waals surface area contributed by atoms with Crippen LogP contribution in [0.3, 0.4) is 0 Å². The first-order valence-corrected chi connectivity index (χ1v) is 9.50. The molecular formula is C22H30N4O2. The van der Waals surface area contributed by atoms with Crippen molar-refractivity contribution in [3.63, 3.8) is 0 Å². The summed E-state index contributed by atoms with van der Waals surface area (Å²) in [5, 5.41) is 6.34. The Labute approximate surface area is 167 Å². The van der Waals surface area contributed by atoms with Gasteiger partial charge in [0.2, 0.25) is 5.91 Å². The van der Waals surface area contributed by atoms with Gasteiger partial charge < -0.3 is 20.3 Å². The molecule has 0 spiro atoms. The normalized spacial score (nSPS) is 11.0. The number of nitrogens with zero attached hydrogens (tertiary/aromatic N) is 2. The van der Waals surface area contributed by atoms with Crippen LogP contribution < -0.4 is 15.4 Å². The van der Waals surface area contributed by atoms with Crippen LogP contribution in [0.5, 0.6) is 5.75 Å². The molecule has 0 fully saturated rings. The summed E-state index contributed by atoms with van der Waals surface area (Å²) in [5.41, 5.74) is 2.33. The number of hydrogen-bond donors (Lipinski definition) is 2. The number of benzene rings is 2. The molecule has 0 saturated carbocycles. The van der Waals surface area contributed by atoms with Crippen LogP contribution in [0.25, 0.3) is 0 Å². The van der Waals surface area contributed by atoms with Gasteiger partial charge >= 0.3 is 0 Å². The molecule has 0 aromatic heterocycles. The highest BCUT2D eigenvalue weighted by atomic mass is 16.5. The fraction of sp³-hybridized carbons (Fsp3) is 0.364. The van der Waals surface area contributed by atoms with Crippen LogP contribution in [-0.4, -0.2) is 50.6 Å². The standard InChI is InChI=1S/C22H30N4O2/c1-18-9-11-20(12-10-18)28-16-15-25-22(23-2)24-14-13-21(27)26(3)17-19-7-5-4-6-8-19/h4-12H,13-17H2,1-3H3,(H2,23,24,25). The van der Waals surface area contributed by atoms with Crippen LogP contribution in [0, 0.1) is 6.92 Å². The quantitative estimate of drug-likeness (QED) is 0.397. The summed E-state index contributed by atoms with van der Waals surface area (Å²) in [5.74, 6) is 1.60. The van der Waals surface area contributed by atoms with Crippen LogP contribution in [0.2, 0.25) is 0 Å². The zero-order chi connectivity index (χ0) is 20.2. The van der Waals surface area contributed by atoms with Gasteiger partial charge in [-0.05, 0) is 24.6 Å². The molecule has 0 radical (unpaired) electrons. The number of hydrogen-bond acceptors (Lipinski definition) is 3. The molecule has 2 aromatic rings. The molecule has 0 bridgehead atoms. The van der Waals surface area contributed by atoms with Crippen molar-refractivity contribution in [2.75, 3.05) is 33.8 Å². The predicted octanol–water partition coefficient (Wildman–Crippen LogP) is 2.59. The average molecular weight is 383 g/mol. The van der Waals surface area contributed by atoms with Gasteiger partial charge in [-0.2, -0.15) is 0 Å². The van der Waals surface area contributed by atoms with Crippen LogP contribution >= 0.6 is 0 Å². The second-order valence-corrected chi connectivity index (χ2v) is 6.57. The van der Waals surface area contributed by atoms with E-state index in [2.05, 4.69) is 15.6 Å². The Bertz CT molecular complexity index is 745. The zero-order valence-electron chi connectivity index (χ0n) is 16.9. The van der Waals surface area contributed by atoms with Gasteiger partial charge in [0.15, 0.2) is 5.96 Å². The Kier molecular flexibility index (Phi) is 8.85. The Morgan fingerprint density at radius 1 is 1.04 bits per heavy atom. The molecule has 2 rings (SSSR count). The summed E-state index contributed by atoms with van der Waals surface area (Å²) in [4.78, 5) is 18.2. The first-order chi connectivity index (χ1) is 13.6. The van der Waals surface area contributed by atoms with Crippen LogP contribution in [-0.2, 0) is 11.3 Å². The molecule has 0 aliphatic carbocycles. The van der Waals surface area contributed by atoms with E-state index in [1.54, 1.807) is 11.9 Å². The van der Waals surface area contributed by atoms with Gasteiger partial charge in [-0.1, -0.05) is 48.0 Å². The zero-order valence-corrected chi connectivity index (χ0v) is 16.9. The molecule has 0 atom stereocenters. The molecule has 1 amide bonds. The number of carbonyl (C=O) groups is 1. The van der Waals surface area contributed by atoms with Gasteiger partial charge in [0.05, 0.1) is 6.54 Å². The van der Waals surface area contributed by atoms with E-state index >= 15 is 0 Å². The molecule has 28 heavy (non-hydrogen) atoms. The molecule has 0 aliphatic rings. The number of nitrogens with one attached hydrogen (secondary N) is 2. The summed E-state index contributed by atoms with van der Waals surface area (Å²) in [6.45, 7) is 4.34. The lowest BCUT2D eigenvalue weighted by atomic mass is 10.2.